The molecule has 1 saturated heterocycles. The van der Waals surface area contributed by atoms with Crippen molar-refractivity contribution < 1.29 is 9.53 Å². The number of carbonyl (C=O) groups is 1. The van der Waals surface area contributed by atoms with Crippen molar-refractivity contribution in [3.8, 4) is 5.75 Å². The summed E-state index contributed by atoms with van der Waals surface area (Å²) < 4.78 is 7.38. The van der Waals surface area contributed by atoms with Gasteiger partial charge in [0.25, 0.3) is 11.5 Å². The second kappa shape index (κ2) is 9.00. The molecule has 1 unspecified atom stereocenters. The molecule has 1 N–H and O–H groups in total. The van der Waals surface area contributed by atoms with Crippen molar-refractivity contribution in [3.05, 3.63) is 51.7 Å². The molecule has 0 bridgehead atoms. The number of rotatable bonds is 4. The fourth-order valence-electron chi connectivity index (χ4n) is 5.38. The minimum absolute atomic E-state index is 0.0236. The number of benzene rings is 1. The van der Waals surface area contributed by atoms with E-state index in [4.69, 9.17) is 14.8 Å². The van der Waals surface area contributed by atoms with Gasteiger partial charge in [-0.15, -0.1) is 0 Å². The zero-order chi connectivity index (χ0) is 22.9. The van der Waals surface area contributed by atoms with E-state index in [0.717, 1.165) is 31.4 Å². The van der Waals surface area contributed by atoms with Crippen LogP contribution in [0.4, 0.5) is 0 Å². The van der Waals surface area contributed by atoms with Crippen LogP contribution in [0.25, 0.3) is 11.0 Å². The Labute approximate surface area is 193 Å². The second-order valence-corrected chi connectivity index (χ2v) is 9.26. The molecule has 174 valence electrons. The number of H-pyrrole nitrogens is 1. The number of aromatic nitrogens is 4. The van der Waals surface area contributed by atoms with Gasteiger partial charge in [0, 0.05) is 19.0 Å². The Balaban J connectivity index is 1.46. The lowest BCUT2D eigenvalue weighted by Crippen LogP contribution is -2.40. The molecule has 8 heteroatoms. The van der Waals surface area contributed by atoms with Gasteiger partial charge in [-0.3, -0.25) is 9.59 Å². The maximum atomic E-state index is 13.2. The lowest BCUT2D eigenvalue weighted by molar-refractivity contribution is 0.0701. The molecular formula is C25H31N5O3. The summed E-state index contributed by atoms with van der Waals surface area (Å²) >= 11 is 0. The highest BCUT2D eigenvalue weighted by atomic mass is 16.5. The van der Waals surface area contributed by atoms with Crippen LogP contribution in [-0.2, 0) is 0 Å². The number of fused-ring (bicyclic) bond motifs is 1. The van der Waals surface area contributed by atoms with Crippen LogP contribution in [0.1, 0.15) is 78.8 Å². The summed E-state index contributed by atoms with van der Waals surface area (Å²) in [7, 11) is 1.58. The van der Waals surface area contributed by atoms with E-state index in [-0.39, 0.29) is 17.4 Å². The van der Waals surface area contributed by atoms with Crippen LogP contribution in [0, 0.1) is 6.92 Å². The van der Waals surface area contributed by atoms with Crippen molar-refractivity contribution >= 4 is 16.9 Å². The van der Waals surface area contributed by atoms with Gasteiger partial charge in [-0.05, 0) is 44.7 Å². The number of nitrogens with zero attached hydrogens (tertiary/aromatic N) is 4. The van der Waals surface area contributed by atoms with Crippen LogP contribution < -0.4 is 10.3 Å². The van der Waals surface area contributed by atoms with Gasteiger partial charge in [0.05, 0.1) is 24.4 Å². The van der Waals surface area contributed by atoms with Crippen molar-refractivity contribution in [3.63, 3.8) is 0 Å². The molecule has 5 rings (SSSR count). The molecule has 0 spiro atoms. The van der Waals surface area contributed by atoms with Crippen molar-refractivity contribution in [2.24, 2.45) is 0 Å². The molecule has 1 aliphatic carbocycles. The average Bonchev–Trinajstić information content (AvgIpc) is 3.21. The quantitative estimate of drug-likeness (QED) is 0.651. The molecule has 0 radical (unpaired) electrons. The summed E-state index contributed by atoms with van der Waals surface area (Å²) in [6.07, 6.45) is 7.50. The highest BCUT2D eigenvalue weighted by molar-refractivity contribution is 5.97. The lowest BCUT2D eigenvalue weighted by Gasteiger charge is -2.32. The first kappa shape index (κ1) is 21.7. The number of aromatic amines is 1. The molecular weight excluding hydrogens is 418 g/mol. The summed E-state index contributed by atoms with van der Waals surface area (Å²) in [5.41, 5.74) is 1.84. The highest BCUT2D eigenvalue weighted by Gasteiger charge is 2.30. The number of ether oxygens (including phenoxy) is 1. The van der Waals surface area contributed by atoms with Gasteiger partial charge in [0.2, 0.25) is 0 Å². The van der Waals surface area contributed by atoms with E-state index in [1.807, 2.05) is 28.6 Å². The molecule has 2 aliphatic rings. The zero-order valence-corrected chi connectivity index (χ0v) is 19.3. The van der Waals surface area contributed by atoms with Gasteiger partial charge in [-0.2, -0.15) is 5.10 Å². The van der Waals surface area contributed by atoms with Gasteiger partial charge in [0.1, 0.15) is 17.0 Å². The van der Waals surface area contributed by atoms with E-state index >= 15 is 0 Å². The summed E-state index contributed by atoms with van der Waals surface area (Å²) in [6.45, 7) is 3.08. The first-order valence-electron chi connectivity index (χ1n) is 12.0. The van der Waals surface area contributed by atoms with Crippen LogP contribution in [-0.4, -0.2) is 50.8 Å². The van der Waals surface area contributed by atoms with Crippen LogP contribution in [0.2, 0.25) is 0 Å². The zero-order valence-electron chi connectivity index (χ0n) is 19.3. The number of hydrogen-bond donors (Lipinski definition) is 1. The maximum absolute atomic E-state index is 13.2. The number of amides is 1. The van der Waals surface area contributed by atoms with Gasteiger partial charge in [0.15, 0.2) is 5.65 Å². The van der Waals surface area contributed by atoms with Gasteiger partial charge in [-0.25, -0.2) is 9.67 Å². The van der Waals surface area contributed by atoms with Crippen LogP contribution in [0.3, 0.4) is 0 Å². The summed E-state index contributed by atoms with van der Waals surface area (Å²) in [5.74, 6) is 1.15. The Morgan fingerprint density at radius 3 is 2.70 bits per heavy atom. The molecule has 1 atom stereocenters. The van der Waals surface area contributed by atoms with Crippen LogP contribution in [0.5, 0.6) is 5.75 Å². The van der Waals surface area contributed by atoms with E-state index in [1.165, 1.54) is 19.3 Å². The molecule has 1 aromatic carbocycles. The number of carbonyl (C=O) groups excluding carboxylic acids is 1. The number of piperidine rings is 1. The molecule has 3 heterocycles. The largest absolute Gasteiger partial charge is 0.496 e. The smallest absolute Gasteiger partial charge is 0.262 e. The molecule has 8 nitrogen and oxygen atoms in total. The molecule has 2 aromatic heterocycles. The molecule has 2 fully saturated rings. The molecule has 1 aliphatic heterocycles. The average molecular weight is 450 g/mol. The number of para-hydroxylation sites is 1. The molecule has 33 heavy (non-hydrogen) atoms. The third-order valence-electron chi connectivity index (χ3n) is 7.11. The molecule has 1 amide bonds. The first-order chi connectivity index (χ1) is 16.1. The van der Waals surface area contributed by atoms with E-state index in [0.29, 0.717) is 47.3 Å². The monoisotopic (exact) mass is 449 g/mol. The summed E-state index contributed by atoms with van der Waals surface area (Å²) in [5, 5.41) is 5.30. The number of aryl methyl sites for hydroxylation is 1. The first-order valence-corrected chi connectivity index (χ1v) is 12.0. The molecule has 1 saturated carbocycles. The van der Waals surface area contributed by atoms with Crippen molar-refractivity contribution in [2.45, 2.75) is 63.8 Å². The topological polar surface area (TPSA) is 93.1 Å². The predicted molar refractivity (Wildman–Crippen MR) is 126 cm³/mol. The number of likely N-dealkylation sites (tertiary alicyclic amines) is 1. The minimum atomic E-state index is -0.136. The Morgan fingerprint density at radius 2 is 1.91 bits per heavy atom. The van der Waals surface area contributed by atoms with E-state index < -0.39 is 0 Å². The second-order valence-electron chi connectivity index (χ2n) is 9.26. The van der Waals surface area contributed by atoms with E-state index in [2.05, 4.69) is 4.98 Å². The van der Waals surface area contributed by atoms with Crippen LogP contribution >= 0.6 is 0 Å². The minimum Gasteiger partial charge on any atom is -0.496 e. The van der Waals surface area contributed by atoms with Gasteiger partial charge >= 0.3 is 0 Å². The SMILES string of the molecule is COc1ccccc1C(=O)N1CCCC(c2nc3c(c(C)nn3C3CCCCC3)c(=O)[nH]2)C1. The fourth-order valence-corrected chi connectivity index (χ4v) is 5.38. The predicted octanol–water partition coefficient (Wildman–Crippen LogP) is 3.96. The fraction of sp³-hybridized carbons (Fsp3) is 0.520. The van der Waals surface area contributed by atoms with Crippen molar-refractivity contribution in [1.82, 2.24) is 24.6 Å². The normalized spacial score (nSPS) is 19.7. The van der Waals surface area contributed by atoms with E-state index in [9.17, 15) is 9.59 Å². The van der Waals surface area contributed by atoms with Crippen molar-refractivity contribution in [2.75, 3.05) is 20.2 Å². The standard InChI is InChI=1S/C25H31N5O3/c1-16-21-23(30(28-16)18-10-4-3-5-11-18)26-22(27-24(21)31)17-9-8-14-29(15-17)25(32)19-12-6-7-13-20(19)33-2/h6-7,12-13,17-18H,3-5,8-11,14-15H2,1-2H3,(H,26,27,31). The Kier molecular flexibility index (Phi) is 5.91. The summed E-state index contributed by atoms with van der Waals surface area (Å²) in [4.78, 5) is 36.1. The Morgan fingerprint density at radius 1 is 1.12 bits per heavy atom. The number of hydrogen-bond acceptors (Lipinski definition) is 5. The summed E-state index contributed by atoms with van der Waals surface area (Å²) in [6, 6.07) is 7.60. The highest BCUT2D eigenvalue weighted by Crippen LogP contribution is 2.32. The Bertz CT molecular complexity index is 1220. The lowest BCUT2D eigenvalue weighted by atomic mass is 9.95. The van der Waals surface area contributed by atoms with Gasteiger partial charge < -0.3 is 14.6 Å². The molecule has 3 aromatic rings. The van der Waals surface area contributed by atoms with Crippen molar-refractivity contribution in [1.29, 1.82) is 0 Å². The number of methoxy groups -OCH3 is 1. The van der Waals surface area contributed by atoms with Crippen LogP contribution in [0.15, 0.2) is 29.1 Å². The maximum Gasteiger partial charge on any atom is 0.262 e. The van der Waals surface area contributed by atoms with Gasteiger partial charge in [-0.1, -0.05) is 31.4 Å². The third-order valence-corrected chi connectivity index (χ3v) is 7.11. The number of nitrogens with one attached hydrogen (secondary N) is 1. The van der Waals surface area contributed by atoms with E-state index in [1.54, 1.807) is 19.2 Å². The third kappa shape index (κ3) is 4.03. The Hall–Kier alpha value is -3.16.